The van der Waals surface area contributed by atoms with Crippen LogP contribution in [-0.4, -0.2) is 50.3 Å². The molecule has 2 saturated heterocycles. The number of hydrogen-bond donors (Lipinski definition) is 1. The predicted molar refractivity (Wildman–Crippen MR) is 52.9 cm³/mol. The number of piperidine rings is 1. The highest BCUT2D eigenvalue weighted by molar-refractivity contribution is 4.81. The standard InChI is InChI=1S/C10H20N2O/c1-12-5-2-9(3-6-12)11-10-4-7-13-8-10/h9-11H,2-8H2,1H3/t10-/m0/s1. The Morgan fingerprint density at radius 2 is 1.92 bits per heavy atom. The molecule has 0 aromatic rings. The minimum Gasteiger partial charge on any atom is -0.380 e. The fourth-order valence-corrected chi connectivity index (χ4v) is 2.17. The van der Waals surface area contributed by atoms with Gasteiger partial charge in [-0.15, -0.1) is 0 Å². The van der Waals surface area contributed by atoms with Crippen LogP contribution in [0.15, 0.2) is 0 Å². The highest BCUT2D eigenvalue weighted by Gasteiger charge is 2.22. The first-order valence-corrected chi connectivity index (χ1v) is 5.37. The fourth-order valence-electron chi connectivity index (χ4n) is 2.17. The summed E-state index contributed by atoms with van der Waals surface area (Å²) in [5.41, 5.74) is 0. The van der Waals surface area contributed by atoms with Crippen LogP contribution in [0.1, 0.15) is 19.3 Å². The molecular weight excluding hydrogens is 164 g/mol. The molecule has 0 bridgehead atoms. The van der Waals surface area contributed by atoms with E-state index in [1.165, 1.54) is 32.4 Å². The minimum absolute atomic E-state index is 0.633. The lowest BCUT2D eigenvalue weighted by atomic mass is 10.0. The molecule has 3 heteroatoms. The molecular formula is C10H20N2O. The van der Waals surface area contributed by atoms with Gasteiger partial charge < -0.3 is 15.0 Å². The number of hydrogen-bond acceptors (Lipinski definition) is 3. The van der Waals surface area contributed by atoms with E-state index in [1.807, 2.05) is 0 Å². The largest absolute Gasteiger partial charge is 0.380 e. The summed E-state index contributed by atoms with van der Waals surface area (Å²) in [5.74, 6) is 0. The van der Waals surface area contributed by atoms with Crippen LogP contribution in [0.2, 0.25) is 0 Å². The van der Waals surface area contributed by atoms with Crippen molar-refractivity contribution in [2.45, 2.75) is 31.3 Å². The first-order chi connectivity index (χ1) is 6.34. The summed E-state index contributed by atoms with van der Waals surface area (Å²) >= 11 is 0. The van der Waals surface area contributed by atoms with E-state index >= 15 is 0 Å². The third-order valence-corrected chi connectivity index (χ3v) is 3.12. The number of likely N-dealkylation sites (tertiary alicyclic amines) is 1. The Kier molecular flexibility index (Phi) is 3.19. The minimum atomic E-state index is 0.633. The summed E-state index contributed by atoms with van der Waals surface area (Å²) in [7, 11) is 2.20. The second-order valence-corrected chi connectivity index (χ2v) is 4.30. The first kappa shape index (κ1) is 9.44. The summed E-state index contributed by atoms with van der Waals surface area (Å²) in [6.45, 7) is 4.35. The van der Waals surface area contributed by atoms with Crippen LogP contribution in [-0.2, 0) is 4.74 Å². The zero-order chi connectivity index (χ0) is 9.10. The molecule has 1 atom stereocenters. The van der Waals surface area contributed by atoms with Gasteiger partial charge in [0.25, 0.3) is 0 Å². The van der Waals surface area contributed by atoms with E-state index in [-0.39, 0.29) is 0 Å². The molecule has 2 fully saturated rings. The molecule has 0 aromatic carbocycles. The van der Waals surface area contributed by atoms with Gasteiger partial charge in [0.15, 0.2) is 0 Å². The van der Waals surface area contributed by atoms with Crippen molar-refractivity contribution in [3.05, 3.63) is 0 Å². The van der Waals surface area contributed by atoms with Crippen molar-refractivity contribution >= 4 is 0 Å². The lowest BCUT2D eigenvalue weighted by Crippen LogP contribution is -2.45. The molecule has 2 heterocycles. The van der Waals surface area contributed by atoms with E-state index < -0.39 is 0 Å². The lowest BCUT2D eigenvalue weighted by Gasteiger charge is -2.31. The molecule has 0 spiro atoms. The maximum absolute atomic E-state index is 5.35. The van der Waals surface area contributed by atoms with E-state index in [9.17, 15) is 0 Å². The number of ether oxygens (including phenoxy) is 1. The zero-order valence-corrected chi connectivity index (χ0v) is 8.46. The van der Waals surface area contributed by atoms with Crippen LogP contribution in [0.5, 0.6) is 0 Å². The fraction of sp³-hybridized carbons (Fsp3) is 1.00. The number of nitrogens with zero attached hydrogens (tertiary/aromatic N) is 1. The molecule has 2 rings (SSSR count). The molecule has 3 nitrogen and oxygen atoms in total. The van der Waals surface area contributed by atoms with Crippen molar-refractivity contribution in [3.8, 4) is 0 Å². The highest BCUT2D eigenvalue weighted by Crippen LogP contribution is 2.12. The van der Waals surface area contributed by atoms with Crippen LogP contribution in [0.3, 0.4) is 0 Å². The van der Waals surface area contributed by atoms with Crippen LogP contribution >= 0.6 is 0 Å². The molecule has 0 unspecified atom stereocenters. The first-order valence-electron chi connectivity index (χ1n) is 5.37. The van der Waals surface area contributed by atoms with Crippen molar-refractivity contribution in [1.29, 1.82) is 0 Å². The summed E-state index contributed by atoms with van der Waals surface area (Å²) in [6, 6.07) is 1.37. The van der Waals surface area contributed by atoms with Gasteiger partial charge in [0.1, 0.15) is 0 Å². The molecule has 0 aromatic heterocycles. The molecule has 2 aliphatic heterocycles. The van der Waals surface area contributed by atoms with Gasteiger partial charge in [-0.2, -0.15) is 0 Å². The van der Waals surface area contributed by atoms with E-state index in [2.05, 4.69) is 17.3 Å². The molecule has 0 aliphatic carbocycles. The molecule has 0 radical (unpaired) electrons. The van der Waals surface area contributed by atoms with Gasteiger partial charge >= 0.3 is 0 Å². The highest BCUT2D eigenvalue weighted by atomic mass is 16.5. The molecule has 0 amide bonds. The summed E-state index contributed by atoms with van der Waals surface area (Å²) < 4.78 is 5.35. The number of nitrogens with one attached hydrogen (secondary N) is 1. The topological polar surface area (TPSA) is 24.5 Å². The average Bonchev–Trinajstić information content (AvgIpc) is 2.62. The second kappa shape index (κ2) is 4.40. The van der Waals surface area contributed by atoms with Crippen LogP contribution in [0.4, 0.5) is 0 Å². The Morgan fingerprint density at radius 3 is 2.54 bits per heavy atom. The third-order valence-electron chi connectivity index (χ3n) is 3.12. The van der Waals surface area contributed by atoms with Crippen molar-refractivity contribution in [1.82, 2.24) is 10.2 Å². The Labute approximate surface area is 80.4 Å². The smallest absolute Gasteiger partial charge is 0.0620 e. The van der Waals surface area contributed by atoms with Crippen molar-refractivity contribution in [3.63, 3.8) is 0 Å². The SMILES string of the molecule is CN1CCC(N[C@H]2CCOC2)CC1. The summed E-state index contributed by atoms with van der Waals surface area (Å²) in [4.78, 5) is 2.41. The summed E-state index contributed by atoms with van der Waals surface area (Å²) in [5, 5.41) is 3.69. The molecule has 13 heavy (non-hydrogen) atoms. The van der Waals surface area contributed by atoms with E-state index in [4.69, 9.17) is 4.74 Å². The predicted octanol–water partition coefficient (Wildman–Crippen LogP) is 0.459. The number of rotatable bonds is 2. The normalized spacial score (nSPS) is 32.5. The Bertz CT molecular complexity index is 149. The van der Waals surface area contributed by atoms with Gasteiger partial charge in [-0.25, -0.2) is 0 Å². The van der Waals surface area contributed by atoms with Gasteiger partial charge in [-0.1, -0.05) is 0 Å². The van der Waals surface area contributed by atoms with E-state index in [1.54, 1.807) is 0 Å². The van der Waals surface area contributed by atoms with Crippen molar-refractivity contribution in [2.24, 2.45) is 0 Å². The third kappa shape index (κ3) is 2.66. The molecule has 2 aliphatic rings. The van der Waals surface area contributed by atoms with Gasteiger partial charge in [0.05, 0.1) is 6.61 Å². The Morgan fingerprint density at radius 1 is 1.15 bits per heavy atom. The van der Waals surface area contributed by atoms with Crippen LogP contribution in [0.25, 0.3) is 0 Å². The van der Waals surface area contributed by atoms with E-state index in [0.29, 0.717) is 6.04 Å². The van der Waals surface area contributed by atoms with Gasteiger partial charge in [0, 0.05) is 18.7 Å². The Balaban J connectivity index is 1.69. The maximum atomic E-state index is 5.35. The molecule has 0 saturated carbocycles. The lowest BCUT2D eigenvalue weighted by molar-refractivity contribution is 0.179. The molecule has 76 valence electrons. The van der Waals surface area contributed by atoms with Crippen molar-refractivity contribution < 1.29 is 4.74 Å². The van der Waals surface area contributed by atoms with Gasteiger partial charge in [0.2, 0.25) is 0 Å². The second-order valence-electron chi connectivity index (χ2n) is 4.30. The maximum Gasteiger partial charge on any atom is 0.0620 e. The van der Waals surface area contributed by atoms with Crippen molar-refractivity contribution in [2.75, 3.05) is 33.4 Å². The van der Waals surface area contributed by atoms with Gasteiger partial charge in [-0.05, 0) is 39.4 Å². The summed E-state index contributed by atoms with van der Waals surface area (Å²) in [6.07, 6.45) is 3.80. The average molecular weight is 184 g/mol. The zero-order valence-electron chi connectivity index (χ0n) is 8.46. The van der Waals surface area contributed by atoms with E-state index in [0.717, 1.165) is 19.3 Å². The quantitative estimate of drug-likeness (QED) is 0.675. The monoisotopic (exact) mass is 184 g/mol. The molecule has 1 N–H and O–H groups in total. The Hall–Kier alpha value is -0.120. The van der Waals surface area contributed by atoms with Crippen LogP contribution in [0, 0.1) is 0 Å². The van der Waals surface area contributed by atoms with Gasteiger partial charge in [-0.3, -0.25) is 0 Å². The van der Waals surface area contributed by atoms with Crippen LogP contribution < -0.4 is 5.32 Å².